The normalized spacial score (nSPS) is 16.5. The Kier molecular flexibility index (Phi) is 4.39. The summed E-state index contributed by atoms with van der Waals surface area (Å²) in [6.07, 6.45) is 0. The van der Waals surface area contributed by atoms with E-state index in [9.17, 15) is 10.1 Å². The molecule has 1 atom stereocenters. The summed E-state index contributed by atoms with van der Waals surface area (Å²) >= 11 is 7.03. The van der Waals surface area contributed by atoms with Gasteiger partial charge in [0.25, 0.3) is 5.69 Å². The number of nitrogens with one attached hydrogen (secondary N) is 1. The summed E-state index contributed by atoms with van der Waals surface area (Å²) in [5.74, 6) is 0.615. The van der Waals surface area contributed by atoms with Crippen molar-refractivity contribution in [1.29, 1.82) is 0 Å². The zero-order valence-electron chi connectivity index (χ0n) is 11.7. The predicted octanol–water partition coefficient (Wildman–Crippen LogP) is 4.08. The Hall–Kier alpha value is -1.54. The molecule has 6 nitrogen and oxygen atoms in total. The number of rotatable bonds is 5. The van der Waals surface area contributed by atoms with Crippen molar-refractivity contribution in [3.8, 4) is 0 Å². The molecule has 0 aromatic heterocycles. The van der Waals surface area contributed by atoms with Crippen LogP contribution in [0.15, 0.2) is 29.2 Å². The molecule has 0 bridgehead atoms. The van der Waals surface area contributed by atoms with Crippen LogP contribution in [0.4, 0.5) is 11.4 Å². The van der Waals surface area contributed by atoms with E-state index < -0.39 is 0 Å². The lowest BCUT2D eigenvalue weighted by molar-refractivity contribution is -0.383. The molecule has 8 heteroatoms. The van der Waals surface area contributed by atoms with Gasteiger partial charge in [0, 0.05) is 35.0 Å². The molecule has 22 heavy (non-hydrogen) atoms. The molecule has 1 N–H and O–H groups in total. The van der Waals surface area contributed by atoms with Crippen LogP contribution in [-0.2, 0) is 9.22 Å². The van der Waals surface area contributed by atoms with Crippen molar-refractivity contribution in [2.75, 3.05) is 24.9 Å². The predicted molar refractivity (Wildman–Crippen MR) is 86.5 cm³/mol. The molecule has 1 aliphatic heterocycles. The van der Waals surface area contributed by atoms with E-state index in [-0.39, 0.29) is 16.5 Å². The van der Waals surface area contributed by atoms with Crippen LogP contribution in [0.2, 0.25) is 0 Å². The zero-order valence-corrected chi connectivity index (χ0v) is 13.2. The monoisotopic (exact) mass is 340 g/mol. The topological polar surface area (TPSA) is 73.6 Å². The molecule has 0 aliphatic carbocycles. The number of nitrogens with zero attached hydrogens (tertiary/aromatic N) is 1. The minimum absolute atomic E-state index is 0.0661. The molecule has 1 unspecified atom stereocenters. The first-order valence-electron chi connectivity index (χ1n) is 6.58. The molecule has 0 fully saturated rings. The highest BCUT2D eigenvalue weighted by Crippen LogP contribution is 2.43. The van der Waals surface area contributed by atoms with E-state index in [1.165, 1.54) is 7.11 Å². The number of hydrogen-bond acceptors (Lipinski definition) is 6. The van der Waals surface area contributed by atoms with Gasteiger partial charge in [0.05, 0.1) is 29.5 Å². The van der Waals surface area contributed by atoms with Crippen molar-refractivity contribution in [2.24, 2.45) is 0 Å². The number of halogens is 1. The van der Waals surface area contributed by atoms with E-state index in [0.717, 1.165) is 33.6 Å². The average Bonchev–Trinajstić information content (AvgIpc) is 2.94. The van der Waals surface area contributed by atoms with Gasteiger partial charge in [0.1, 0.15) is 0 Å². The molecule has 0 spiro atoms. The summed E-state index contributed by atoms with van der Waals surface area (Å²) < 4.78 is 4.82. The summed E-state index contributed by atoms with van der Waals surface area (Å²) in [6.45, 7) is 0.693. The molecule has 1 aliphatic rings. The van der Waals surface area contributed by atoms with Gasteiger partial charge in [-0.3, -0.25) is 10.1 Å². The van der Waals surface area contributed by atoms with E-state index in [4.69, 9.17) is 15.9 Å². The van der Waals surface area contributed by atoms with Crippen LogP contribution >= 0.6 is 23.6 Å². The van der Waals surface area contributed by atoms with E-state index >= 15 is 0 Å². The fraction of sp³-hybridized carbons (Fsp3) is 0.286. The van der Waals surface area contributed by atoms with Gasteiger partial charge in [0.2, 0.25) is 0 Å². The smallest absolute Gasteiger partial charge is 0.279 e. The third-order valence-corrected chi connectivity index (χ3v) is 4.68. The summed E-state index contributed by atoms with van der Waals surface area (Å²) in [6, 6.07) is 7.03. The van der Waals surface area contributed by atoms with Gasteiger partial charge in [-0.2, -0.15) is 4.33 Å². The standard InChI is InChI=1S/C14H13ClN2O4S/c1-20-21-22-9-2-3-10-11(4-9)13(17(18)19)5-12-14(10)8(6-15)7-16-12/h2-5,8,16H,6-7H2,1H3. The van der Waals surface area contributed by atoms with Crippen LogP contribution in [0.5, 0.6) is 0 Å². The number of nitro benzene ring substituents is 1. The SMILES string of the molecule is COOSc1ccc2c3c(cc([N+](=O)[O-])c2c1)NCC3CCl. The molecule has 0 saturated heterocycles. The van der Waals surface area contributed by atoms with Gasteiger partial charge in [-0.25, -0.2) is 4.89 Å². The highest BCUT2D eigenvalue weighted by atomic mass is 35.5. The lowest BCUT2D eigenvalue weighted by atomic mass is 9.95. The molecular weight excluding hydrogens is 328 g/mol. The number of hydrogen-bond donors (Lipinski definition) is 1. The lowest BCUT2D eigenvalue weighted by Crippen LogP contribution is -2.03. The van der Waals surface area contributed by atoms with Crippen molar-refractivity contribution in [2.45, 2.75) is 10.8 Å². The van der Waals surface area contributed by atoms with Crippen molar-refractivity contribution in [1.82, 2.24) is 0 Å². The van der Waals surface area contributed by atoms with Crippen LogP contribution in [0.25, 0.3) is 10.8 Å². The van der Waals surface area contributed by atoms with Crippen molar-refractivity contribution >= 4 is 45.8 Å². The molecule has 0 saturated carbocycles. The number of benzene rings is 2. The average molecular weight is 341 g/mol. The van der Waals surface area contributed by atoms with E-state index in [0.29, 0.717) is 17.8 Å². The molecule has 3 rings (SSSR count). The number of fused-ring (bicyclic) bond motifs is 3. The third kappa shape index (κ3) is 2.61. The Morgan fingerprint density at radius 3 is 2.95 bits per heavy atom. The van der Waals surface area contributed by atoms with Crippen LogP contribution in [0.1, 0.15) is 11.5 Å². The Balaban J connectivity index is 2.21. The first-order chi connectivity index (χ1) is 10.7. The molecule has 116 valence electrons. The zero-order chi connectivity index (χ0) is 15.7. The van der Waals surface area contributed by atoms with E-state index in [2.05, 4.69) is 10.2 Å². The quantitative estimate of drug-likeness (QED) is 0.290. The molecule has 0 radical (unpaired) electrons. The van der Waals surface area contributed by atoms with Gasteiger partial charge >= 0.3 is 0 Å². The van der Waals surface area contributed by atoms with Crippen molar-refractivity contribution in [3.63, 3.8) is 0 Å². The van der Waals surface area contributed by atoms with E-state index in [1.54, 1.807) is 12.1 Å². The first kappa shape index (κ1) is 15.4. The Morgan fingerprint density at radius 1 is 1.45 bits per heavy atom. The summed E-state index contributed by atoms with van der Waals surface area (Å²) in [4.78, 5) is 16.3. The third-order valence-electron chi connectivity index (χ3n) is 3.66. The summed E-state index contributed by atoms with van der Waals surface area (Å²) in [7, 11) is 1.40. The fourth-order valence-electron chi connectivity index (χ4n) is 2.74. The van der Waals surface area contributed by atoms with Crippen molar-refractivity contribution in [3.05, 3.63) is 39.9 Å². The van der Waals surface area contributed by atoms with Crippen LogP contribution in [0.3, 0.4) is 0 Å². The second-order valence-corrected chi connectivity index (χ2v) is 5.95. The molecule has 2 aromatic carbocycles. The Bertz CT molecular complexity index is 740. The Labute approximate surface area is 136 Å². The van der Waals surface area contributed by atoms with Gasteiger partial charge in [-0.15, -0.1) is 11.6 Å². The molecule has 0 amide bonds. The Morgan fingerprint density at radius 2 is 2.27 bits per heavy atom. The van der Waals surface area contributed by atoms with Gasteiger partial charge in [0.15, 0.2) is 0 Å². The first-order valence-corrected chi connectivity index (χ1v) is 7.85. The van der Waals surface area contributed by atoms with Crippen LogP contribution < -0.4 is 5.32 Å². The lowest BCUT2D eigenvalue weighted by Gasteiger charge is -2.11. The highest BCUT2D eigenvalue weighted by molar-refractivity contribution is 7.94. The number of non-ortho nitro benzene ring substituents is 1. The second-order valence-electron chi connectivity index (χ2n) is 4.87. The minimum Gasteiger partial charge on any atom is -0.384 e. The largest absolute Gasteiger partial charge is 0.384 e. The fourth-order valence-corrected chi connectivity index (χ4v) is 3.44. The molecule has 2 aromatic rings. The highest BCUT2D eigenvalue weighted by Gasteiger charge is 2.28. The van der Waals surface area contributed by atoms with Gasteiger partial charge in [-0.1, -0.05) is 6.07 Å². The van der Waals surface area contributed by atoms with Crippen LogP contribution in [0, 0.1) is 10.1 Å². The maximum atomic E-state index is 11.4. The van der Waals surface area contributed by atoms with Gasteiger partial charge in [-0.05, 0) is 23.1 Å². The maximum Gasteiger partial charge on any atom is 0.279 e. The molecular formula is C14H13ClN2O4S. The summed E-state index contributed by atoms with van der Waals surface area (Å²) in [5.41, 5.74) is 1.90. The maximum absolute atomic E-state index is 11.4. The number of alkyl halides is 1. The number of anilines is 1. The summed E-state index contributed by atoms with van der Waals surface area (Å²) in [5, 5.41) is 16.0. The second kappa shape index (κ2) is 6.29. The van der Waals surface area contributed by atoms with E-state index in [1.807, 2.05) is 12.1 Å². The van der Waals surface area contributed by atoms with Crippen LogP contribution in [-0.4, -0.2) is 24.5 Å². The van der Waals surface area contributed by atoms with Crippen molar-refractivity contribution < 1.29 is 14.1 Å². The number of nitro groups is 1. The van der Waals surface area contributed by atoms with Gasteiger partial charge < -0.3 is 5.32 Å². The minimum atomic E-state index is -0.371. The molecule has 1 heterocycles.